The third kappa shape index (κ3) is 4.06. The molecule has 3 rings (SSSR count). The SMILES string of the molecule is O=C(NNC(=O)c1c(F)cccc1Cl)c1csc(N2CCOCC2)n1. The minimum absolute atomic E-state index is 0.0463. The van der Waals surface area contributed by atoms with Gasteiger partial charge in [-0.05, 0) is 12.1 Å². The van der Waals surface area contributed by atoms with Gasteiger partial charge in [0.05, 0.1) is 23.8 Å². The Morgan fingerprint density at radius 1 is 1.24 bits per heavy atom. The van der Waals surface area contributed by atoms with E-state index in [0.717, 1.165) is 6.07 Å². The molecule has 7 nitrogen and oxygen atoms in total. The van der Waals surface area contributed by atoms with Crippen molar-refractivity contribution in [2.24, 2.45) is 0 Å². The number of amides is 2. The summed E-state index contributed by atoms with van der Waals surface area (Å²) in [5.74, 6) is -2.22. The van der Waals surface area contributed by atoms with E-state index >= 15 is 0 Å². The van der Waals surface area contributed by atoms with Crippen molar-refractivity contribution in [2.45, 2.75) is 0 Å². The summed E-state index contributed by atoms with van der Waals surface area (Å²) in [6.45, 7) is 2.63. The van der Waals surface area contributed by atoms with Gasteiger partial charge in [-0.25, -0.2) is 9.37 Å². The van der Waals surface area contributed by atoms with Crippen molar-refractivity contribution in [1.82, 2.24) is 15.8 Å². The largest absolute Gasteiger partial charge is 0.378 e. The first-order valence-electron chi connectivity index (χ1n) is 7.39. The number of hydrogen-bond donors (Lipinski definition) is 2. The number of benzene rings is 1. The van der Waals surface area contributed by atoms with Crippen LogP contribution >= 0.6 is 22.9 Å². The van der Waals surface area contributed by atoms with Gasteiger partial charge in [0.15, 0.2) is 5.13 Å². The number of halogens is 2. The number of hydrazine groups is 1. The number of nitrogens with one attached hydrogen (secondary N) is 2. The second-order valence-electron chi connectivity index (χ2n) is 5.12. The number of ether oxygens (including phenoxy) is 1. The lowest BCUT2D eigenvalue weighted by Crippen LogP contribution is -2.42. The van der Waals surface area contributed by atoms with Crippen molar-refractivity contribution in [1.29, 1.82) is 0 Å². The van der Waals surface area contributed by atoms with E-state index in [-0.39, 0.29) is 16.3 Å². The predicted molar refractivity (Wildman–Crippen MR) is 91.5 cm³/mol. The zero-order chi connectivity index (χ0) is 17.8. The third-order valence-corrected chi connectivity index (χ3v) is 4.70. The quantitative estimate of drug-likeness (QED) is 0.789. The van der Waals surface area contributed by atoms with Crippen LogP contribution in [-0.4, -0.2) is 43.1 Å². The van der Waals surface area contributed by atoms with E-state index in [9.17, 15) is 14.0 Å². The number of thiazole rings is 1. The van der Waals surface area contributed by atoms with Crippen molar-refractivity contribution in [3.05, 3.63) is 45.7 Å². The summed E-state index contributed by atoms with van der Waals surface area (Å²) in [5, 5.41) is 2.24. The Hall–Kier alpha value is -2.23. The van der Waals surface area contributed by atoms with E-state index in [1.54, 1.807) is 5.38 Å². The van der Waals surface area contributed by atoms with Crippen molar-refractivity contribution < 1.29 is 18.7 Å². The normalized spacial score (nSPS) is 14.2. The van der Waals surface area contributed by atoms with Gasteiger partial charge in [0.2, 0.25) is 0 Å². The van der Waals surface area contributed by atoms with Crippen molar-refractivity contribution in [2.75, 3.05) is 31.2 Å². The molecule has 1 aromatic carbocycles. The summed E-state index contributed by atoms with van der Waals surface area (Å²) in [4.78, 5) is 30.3. The molecule has 0 aliphatic carbocycles. The number of carbonyl (C=O) groups is 2. The molecule has 1 aliphatic heterocycles. The molecule has 1 saturated heterocycles. The number of rotatable bonds is 3. The van der Waals surface area contributed by atoms with Crippen LogP contribution < -0.4 is 15.8 Å². The Balaban J connectivity index is 1.61. The highest BCUT2D eigenvalue weighted by Gasteiger charge is 2.19. The Bertz CT molecular complexity index is 775. The zero-order valence-electron chi connectivity index (χ0n) is 12.9. The van der Waals surface area contributed by atoms with Crippen molar-refractivity contribution in [3.8, 4) is 0 Å². The van der Waals surface area contributed by atoms with Crippen LogP contribution in [0.2, 0.25) is 5.02 Å². The highest BCUT2D eigenvalue weighted by atomic mass is 35.5. The molecule has 0 bridgehead atoms. The highest BCUT2D eigenvalue weighted by molar-refractivity contribution is 7.13. The summed E-state index contributed by atoms with van der Waals surface area (Å²) < 4.78 is 18.9. The van der Waals surface area contributed by atoms with Crippen LogP contribution in [0.4, 0.5) is 9.52 Å². The summed E-state index contributed by atoms with van der Waals surface area (Å²) in [6, 6.07) is 3.88. The second-order valence-corrected chi connectivity index (χ2v) is 6.36. The van der Waals surface area contributed by atoms with Gasteiger partial charge in [0.1, 0.15) is 11.5 Å². The molecular weight excluding hydrogens is 371 g/mol. The molecular formula is C15H14ClFN4O3S. The van der Waals surface area contributed by atoms with Crippen LogP contribution in [0.25, 0.3) is 0 Å². The number of morpholine rings is 1. The molecule has 2 amide bonds. The molecule has 25 heavy (non-hydrogen) atoms. The van der Waals surface area contributed by atoms with Gasteiger partial charge in [-0.2, -0.15) is 0 Å². The molecule has 0 unspecified atom stereocenters. The summed E-state index contributed by atoms with van der Waals surface area (Å²) >= 11 is 7.13. The molecule has 10 heteroatoms. The fourth-order valence-corrected chi connectivity index (χ4v) is 3.33. The maximum absolute atomic E-state index is 13.7. The first-order chi connectivity index (χ1) is 12.1. The first kappa shape index (κ1) is 17.6. The van der Waals surface area contributed by atoms with Gasteiger partial charge < -0.3 is 9.64 Å². The zero-order valence-corrected chi connectivity index (χ0v) is 14.5. The molecule has 1 fully saturated rings. The van der Waals surface area contributed by atoms with Gasteiger partial charge in [0, 0.05) is 18.5 Å². The fourth-order valence-electron chi connectivity index (χ4n) is 2.22. The molecule has 2 heterocycles. The topological polar surface area (TPSA) is 83.6 Å². The van der Waals surface area contributed by atoms with Crippen LogP contribution in [0.3, 0.4) is 0 Å². The molecule has 1 aromatic heterocycles. The summed E-state index contributed by atoms with van der Waals surface area (Å²) in [7, 11) is 0. The monoisotopic (exact) mass is 384 g/mol. The summed E-state index contributed by atoms with van der Waals surface area (Å²) in [6.07, 6.45) is 0. The van der Waals surface area contributed by atoms with E-state index in [2.05, 4.69) is 15.8 Å². The molecule has 0 radical (unpaired) electrons. The lowest BCUT2D eigenvalue weighted by atomic mass is 10.2. The standard InChI is InChI=1S/C15H14ClFN4O3S/c16-9-2-1-3-10(17)12(9)14(23)20-19-13(22)11-8-25-15(18-11)21-4-6-24-7-5-21/h1-3,8H,4-7H2,(H,19,22)(H,20,23). The van der Waals surface area contributed by atoms with Gasteiger partial charge in [-0.15, -0.1) is 11.3 Å². The minimum atomic E-state index is -0.847. The number of carbonyl (C=O) groups excluding carboxylic acids is 2. The van der Waals surface area contributed by atoms with Crippen LogP contribution in [0.5, 0.6) is 0 Å². The maximum Gasteiger partial charge on any atom is 0.289 e. The second kappa shape index (κ2) is 7.77. The molecule has 1 aliphatic rings. The molecule has 0 spiro atoms. The number of hydrogen-bond acceptors (Lipinski definition) is 6. The third-order valence-electron chi connectivity index (χ3n) is 3.49. The Kier molecular flexibility index (Phi) is 5.47. The van der Waals surface area contributed by atoms with Gasteiger partial charge >= 0.3 is 0 Å². The predicted octanol–water partition coefficient (Wildman–Crippen LogP) is 1.85. The number of anilines is 1. The Labute approximate surface area is 151 Å². The first-order valence-corrected chi connectivity index (χ1v) is 8.65. The van der Waals surface area contributed by atoms with Crippen molar-refractivity contribution >= 4 is 39.9 Å². The number of aromatic nitrogens is 1. The van der Waals surface area contributed by atoms with Crippen LogP contribution in [-0.2, 0) is 4.74 Å². The average molecular weight is 385 g/mol. The van der Waals surface area contributed by atoms with E-state index in [1.165, 1.54) is 23.5 Å². The maximum atomic E-state index is 13.7. The molecule has 2 N–H and O–H groups in total. The lowest BCUT2D eigenvalue weighted by Gasteiger charge is -2.25. The van der Waals surface area contributed by atoms with E-state index in [0.29, 0.717) is 31.4 Å². The van der Waals surface area contributed by atoms with E-state index in [1.807, 2.05) is 4.90 Å². The van der Waals surface area contributed by atoms with Crippen LogP contribution in [0.15, 0.2) is 23.6 Å². The van der Waals surface area contributed by atoms with E-state index < -0.39 is 17.6 Å². The highest BCUT2D eigenvalue weighted by Crippen LogP contribution is 2.21. The van der Waals surface area contributed by atoms with Gasteiger partial charge in [-0.3, -0.25) is 20.4 Å². The van der Waals surface area contributed by atoms with Gasteiger partial charge in [0.25, 0.3) is 11.8 Å². The number of nitrogens with zero attached hydrogens (tertiary/aromatic N) is 2. The average Bonchev–Trinajstić information content (AvgIpc) is 3.10. The molecule has 132 valence electrons. The summed E-state index contributed by atoms with van der Waals surface area (Å²) in [5.41, 5.74) is 4.16. The molecule has 2 aromatic rings. The molecule has 0 saturated carbocycles. The fraction of sp³-hybridized carbons (Fsp3) is 0.267. The van der Waals surface area contributed by atoms with Crippen LogP contribution in [0.1, 0.15) is 20.8 Å². The van der Waals surface area contributed by atoms with Crippen LogP contribution in [0, 0.1) is 5.82 Å². The Morgan fingerprint density at radius 3 is 2.68 bits per heavy atom. The Morgan fingerprint density at radius 2 is 1.96 bits per heavy atom. The van der Waals surface area contributed by atoms with E-state index in [4.69, 9.17) is 16.3 Å². The lowest BCUT2D eigenvalue weighted by molar-refractivity contribution is 0.0842. The van der Waals surface area contributed by atoms with Crippen molar-refractivity contribution in [3.63, 3.8) is 0 Å². The minimum Gasteiger partial charge on any atom is -0.378 e. The molecule has 0 atom stereocenters. The van der Waals surface area contributed by atoms with Gasteiger partial charge in [-0.1, -0.05) is 17.7 Å². The smallest absolute Gasteiger partial charge is 0.289 e.